The van der Waals surface area contributed by atoms with E-state index in [0.29, 0.717) is 27.8 Å². The predicted molar refractivity (Wildman–Crippen MR) is 132 cm³/mol. The average Bonchev–Trinajstić information content (AvgIpc) is 3.62. The van der Waals surface area contributed by atoms with Gasteiger partial charge in [0.15, 0.2) is 5.01 Å². The molecule has 0 bridgehead atoms. The van der Waals surface area contributed by atoms with Gasteiger partial charge in [0.2, 0.25) is 5.01 Å². The van der Waals surface area contributed by atoms with Crippen LogP contribution in [0.15, 0.2) is 36.7 Å². The molecule has 1 aliphatic rings. The van der Waals surface area contributed by atoms with Crippen LogP contribution in [0.25, 0.3) is 27.5 Å². The molecule has 0 aromatic carbocycles. The second-order valence-electron chi connectivity index (χ2n) is 8.72. The third kappa shape index (κ3) is 4.34. The summed E-state index contributed by atoms with van der Waals surface area (Å²) in [5, 5.41) is 35.9. The number of nitrogens with one attached hydrogen (secondary N) is 1. The number of aliphatic hydroxyl groups is 1. The van der Waals surface area contributed by atoms with E-state index >= 15 is 0 Å². The largest absolute Gasteiger partial charge is 0.394 e. The van der Waals surface area contributed by atoms with Crippen LogP contribution in [-0.4, -0.2) is 65.9 Å². The summed E-state index contributed by atoms with van der Waals surface area (Å²) in [7, 11) is 0. The summed E-state index contributed by atoms with van der Waals surface area (Å²) in [5.41, 5.74) is 4.36. The van der Waals surface area contributed by atoms with E-state index in [-0.39, 0.29) is 24.6 Å². The van der Waals surface area contributed by atoms with Gasteiger partial charge in [-0.05, 0) is 51.0 Å². The number of nitrogens with zero attached hydrogens (tertiary/aromatic N) is 7. The van der Waals surface area contributed by atoms with Crippen molar-refractivity contribution < 1.29 is 9.90 Å². The lowest BCUT2D eigenvalue weighted by atomic mass is 10.1. The number of rotatable bonds is 6. The molecule has 2 N–H and O–H groups in total. The van der Waals surface area contributed by atoms with E-state index in [1.54, 1.807) is 21.7 Å². The summed E-state index contributed by atoms with van der Waals surface area (Å²) < 4.78 is 1.75. The number of hydrogen-bond donors (Lipinski definition) is 2. The molecule has 1 fully saturated rings. The third-order valence-corrected chi connectivity index (χ3v) is 6.87. The van der Waals surface area contributed by atoms with Gasteiger partial charge in [-0.15, -0.1) is 10.2 Å². The zero-order valence-corrected chi connectivity index (χ0v) is 20.2. The van der Waals surface area contributed by atoms with Crippen molar-refractivity contribution in [1.29, 1.82) is 5.26 Å². The highest BCUT2D eigenvalue weighted by Crippen LogP contribution is 2.34. The highest BCUT2D eigenvalue weighted by molar-refractivity contribution is 7.16. The summed E-state index contributed by atoms with van der Waals surface area (Å²) in [5.74, 6) is -0.198. The van der Waals surface area contributed by atoms with Gasteiger partial charge in [0, 0.05) is 24.5 Å². The van der Waals surface area contributed by atoms with Crippen molar-refractivity contribution in [2.75, 3.05) is 18.5 Å². The fraction of sp³-hybridized carbons (Fsp3) is 0.333. The van der Waals surface area contributed by atoms with Crippen molar-refractivity contribution in [3.8, 4) is 28.0 Å². The topological polar surface area (TPSA) is 132 Å². The van der Waals surface area contributed by atoms with Crippen molar-refractivity contribution in [2.24, 2.45) is 0 Å². The number of amides is 1. The van der Waals surface area contributed by atoms with Gasteiger partial charge in [0.05, 0.1) is 46.9 Å². The van der Waals surface area contributed by atoms with Crippen LogP contribution in [0.3, 0.4) is 0 Å². The van der Waals surface area contributed by atoms with E-state index in [9.17, 15) is 9.90 Å². The molecule has 35 heavy (non-hydrogen) atoms. The maximum absolute atomic E-state index is 13.0. The van der Waals surface area contributed by atoms with Gasteiger partial charge in [-0.2, -0.15) is 10.4 Å². The van der Waals surface area contributed by atoms with Crippen LogP contribution >= 0.6 is 11.3 Å². The first-order valence-corrected chi connectivity index (χ1v) is 12.2. The molecule has 0 aliphatic carbocycles. The molecule has 1 aliphatic heterocycles. The fourth-order valence-electron chi connectivity index (χ4n) is 4.28. The smallest absolute Gasteiger partial charge is 0.285 e. The quantitative estimate of drug-likeness (QED) is 0.423. The Bertz CT molecular complexity index is 1440. The van der Waals surface area contributed by atoms with E-state index in [2.05, 4.69) is 31.7 Å². The number of aromatic nitrogens is 5. The second-order valence-corrected chi connectivity index (χ2v) is 9.69. The molecule has 1 atom stereocenters. The Morgan fingerprint density at radius 1 is 1.31 bits per heavy atom. The number of anilines is 1. The van der Waals surface area contributed by atoms with Crippen molar-refractivity contribution in [1.82, 2.24) is 29.7 Å². The molecule has 5 heterocycles. The molecule has 1 amide bonds. The van der Waals surface area contributed by atoms with Crippen LogP contribution in [0.4, 0.5) is 5.69 Å². The Morgan fingerprint density at radius 2 is 2.17 bits per heavy atom. The molecule has 5 rings (SSSR count). The Kier molecular flexibility index (Phi) is 6.15. The van der Waals surface area contributed by atoms with Crippen LogP contribution in [0.5, 0.6) is 0 Å². The van der Waals surface area contributed by atoms with E-state index in [1.165, 1.54) is 17.5 Å². The zero-order valence-electron chi connectivity index (χ0n) is 19.3. The Labute approximate surface area is 205 Å². The minimum absolute atomic E-state index is 0.0493. The molecule has 1 saturated heterocycles. The molecular formula is C24H24N8O2S. The lowest BCUT2D eigenvalue weighted by Gasteiger charge is -2.21. The van der Waals surface area contributed by atoms with E-state index in [1.807, 2.05) is 32.0 Å². The van der Waals surface area contributed by atoms with Gasteiger partial charge in [-0.25, -0.2) is 4.52 Å². The summed E-state index contributed by atoms with van der Waals surface area (Å²) in [6.45, 7) is 4.65. The second kappa shape index (κ2) is 9.40. The SMILES string of the molecule is CC(C)Nc1cc(-c2ccc3cc(C#N)cnn23)ncc1-c1nnc(C(=O)N2CCC[C@H]2CO)s1. The first kappa shape index (κ1) is 22.9. The summed E-state index contributed by atoms with van der Waals surface area (Å²) >= 11 is 1.22. The minimum atomic E-state index is -0.198. The van der Waals surface area contributed by atoms with Gasteiger partial charge in [0.25, 0.3) is 5.91 Å². The van der Waals surface area contributed by atoms with Gasteiger partial charge < -0.3 is 15.3 Å². The normalized spacial score (nSPS) is 15.6. The van der Waals surface area contributed by atoms with Crippen molar-refractivity contribution >= 4 is 28.4 Å². The Morgan fingerprint density at radius 3 is 2.94 bits per heavy atom. The van der Waals surface area contributed by atoms with Crippen LogP contribution in [0.2, 0.25) is 0 Å². The summed E-state index contributed by atoms with van der Waals surface area (Å²) in [6.07, 6.45) is 4.92. The third-order valence-electron chi connectivity index (χ3n) is 5.93. The van der Waals surface area contributed by atoms with Crippen molar-refractivity contribution in [2.45, 2.75) is 38.8 Å². The lowest BCUT2D eigenvalue weighted by molar-refractivity contribution is 0.0676. The first-order valence-electron chi connectivity index (χ1n) is 11.4. The van der Waals surface area contributed by atoms with Gasteiger partial charge in [0.1, 0.15) is 6.07 Å². The Balaban J connectivity index is 1.50. The molecule has 0 saturated carbocycles. The van der Waals surface area contributed by atoms with E-state index < -0.39 is 0 Å². The standard InChI is InChI=1S/C24H24N8O2S/c1-14(2)28-19-9-20(21-6-5-16-8-15(10-25)11-27-32(16)21)26-12-18(19)22-29-30-23(35-22)24(34)31-7-3-4-17(31)13-33/h5-6,8-9,11-12,14,17,33H,3-4,7,13H2,1-2H3,(H,26,28)/t17-/m0/s1. The van der Waals surface area contributed by atoms with E-state index in [4.69, 9.17) is 5.26 Å². The monoisotopic (exact) mass is 488 g/mol. The van der Waals surface area contributed by atoms with Crippen LogP contribution in [0.1, 0.15) is 42.1 Å². The van der Waals surface area contributed by atoms with Crippen LogP contribution in [0, 0.1) is 11.3 Å². The predicted octanol–water partition coefficient (Wildman–Crippen LogP) is 3.20. The number of hydrogen-bond acceptors (Lipinski definition) is 9. The average molecular weight is 489 g/mol. The summed E-state index contributed by atoms with van der Waals surface area (Å²) in [6, 6.07) is 9.61. The maximum atomic E-state index is 13.0. The van der Waals surface area contributed by atoms with Crippen molar-refractivity contribution in [3.05, 3.63) is 47.2 Å². The number of nitriles is 1. The number of likely N-dealkylation sites (tertiary alicyclic amines) is 1. The highest BCUT2D eigenvalue weighted by atomic mass is 32.1. The van der Waals surface area contributed by atoms with Crippen LogP contribution in [-0.2, 0) is 0 Å². The number of fused-ring (bicyclic) bond motifs is 1. The Hall–Kier alpha value is -3.88. The lowest BCUT2D eigenvalue weighted by Crippen LogP contribution is -2.37. The molecule has 4 aromatic heterocycles. The zero-order chi connectivity index (χ0) is 24.5. The number of carbonyl (C=O) groups is 1. The van der Waals surface area contributed by atoms with Crippen molar-refractivity contribution in [3.63, 3.8) is 0 Å². The number of carbonyl (C=O) groups excluding carboxylic acids is 1. The van der Waals surface area contributed by atoms with Gasteiger partial charge in [-0.1, -0.05) is 11.3 Å². The fourth-order valence-corrected chi connectivity index (χ4v) is 5.11. The molecule has 0 radical (unpaired) electrons. The minimum Gasteiger partial charge on any atom is -0.394 e. The molecule has 178 valence electrons. The molecule has 10 nitrogen and oxygen atoms in total. The number of pyridine rings is 1. The van der Waals surface area contributed by atoms with E-state index in [0.717, 1.165) is 35.3 Å². The maximum Gasteiger partial charge on any atom is 0.285 e. The molecule has 0 unspecified atom stereocenters. The van der Waals surface area contributed by atoms with Crippen LogP contribution < -0.4 is 5.32 Å². The molecular weight excluding hydrogens is 464 g/mol. The molecule has 4 aromatic rings. The van der Waals surface area contributed by atoms with Gasteiger partial charge >= 0.3 is 0 Å². The summed E-state index contributed by atoms with van der Waals surface area (Å²) in [4.78, 5) is 19.3. The first-order chi connectivity index (χ1) is 17.0. The van der Waals surface area contributed by atoms with Gasteiger partial charge in [-0.3, -0.25) is 9.78 Å². The molecule has 11 heteroatoms. The highest BCUT2D eigenvalue weighted by Gasteiger charge is 2.31. The number of aliphatic hydroxyl groups excluding tert-OH is 1. The molecule has 0 spiro atoms.